The Labute approximate surface area is 114 Å². The SMILES string of the molecule is CC(C)(N)C(C)(C)C(=O)NS(=O)(=O)c1ccccc1. The van der Waals surface area contributed by atoms with Gasteiger partial charge in [-0.1, -0.05) is 18.2 Å². The molecule has 0 spiro atoms. The van der Waals surface area contributed by atoms with Crippen molar-refractivity contribution >= 4 is 15.9 Å². The van der Waals surface area contributed by atoms with Crippen LogP contribution in [0.3, 0.4) is 0 Å². The molecule has 0 saturated carbocycles. The van der Waals surface area contributed by atoms with Crippen LogP contribution in [0.2, 0.25) is 0 Å². The predicted molar refractivity (Wildman–Crippen MR) is 73.8 cm³/mol. The van der Waals surface area contributed by atoms with Crippen LogP contribution in [-0.2, 0) is 14.8 Å². The molecule has 0 fully saturated rings. The minimum absolute atomic E-state index is 0.0500. The predicted octanol–water partition coefficient (Wildman–Crippen LogP) is 1.25. The Kier molecular flexibility index (Phi) is 4.07. The number of sulfonamides is 1. The molecule has 1 aromatic carbocycles. The van der Waals surface area contributed by atoms with Gasteiger partial charge in [-0.05, 0) is 39.8 Å². The standard InChI is InChI=1S/C13H20N2O3S/c1-12(2,13(3,4)14)11(16)15-19(17,18)10-8-6-5-7-9-10/h5-9H,14H2,1-4H3,(H,15,16). The zero-order valence-corrected chi connectivity index (χ0v) is 12.4. The molecule has 1 amide bonds. The zero-order chi connectivity index (χ0) is 14.9. The first-order chi connectivity index (χ1) is 8.48. The molecule has 0 aromatic heterocycles. The smallest absolute Gasteiger partial charge is 0.264 e. The lowest BCUT2D eigenvalue weighted by Crippen LogP contribution is -2.56. The van der Waals surface area contributed by atoms with Crippen LogP contribution in [0.15, 0.2) is 35.2 Å². The number of rotatable bonds is 4. The van der Waals surface area contributed by atoms with E-state index in [4.69, 9.17) is 5.73 Å². The summed E-state index contributed by atoms with van der Waals surface area (Å²) in [6.45, 7) is 6.59. The first-order valence-electron chi connectivity index (χ1n) is 5.90. The molecule has 0 aliphatic rings. The lowest BCUT2D eigenvalue weighted by Gasteiger charge is -2.36. The zero-order valence-electron chi connectivity index (χ0n) is 11.6. The normalized spacial score (nSPS) is 13.1. The number of carbonyl (C=O) groups excluding carboxylic acids is 1. The van der Waals surface area contributed by atoms with E-state index in [-0.39, 0.29) is 4.90 Å². The third-order valence-electron chi connectivity index (χ3n) is 3.46. The fourth-order valence-corrected chi connectivity index (χ4v) is 2.33. The Morgan fingerprint density at radius 3 is 2.00 bits per heavy atom. The fourth-order valence-electron chi connectivity index (χ4n) is 1.20. The second kappa shape index (κ2) is 4.94. The number of hydrogen-bond acceptors (Lipinski definition) is 4. The molecule has 19 heavy (non-hydrogen) atoms. The van der Waals surface area contributed by atoms with Gasteiger partial charge in [-0.15, -0.1) is 0 Å². The lowest BCUT2D eigenvalue weighted by molar-refractivity contribution is -0.130. The summed E-state index contributed by atoms with van der Waals surface area (Å²) in [4.78, 5) is 12.2. The molecule has 0 bridgehead atoms. The maximum atomic E-state index is 12.1. The molecule has 0 unspecified atom stereocenters. The molecular weight excluding hydrogens is 264 g/mol. The van der Waals surface area contributed by atoms with E-state index >= 15 is 0 Å². The van der Waals surface area contributed by atoms with E-state index in [9.17, 15) is 13.2 Å². The summed E-state index contributed by atoms with van der Waals surface area (Å²) < 4.78 is 26.2. The Morgan fingerprint density at radius 2 is 1.58 bits per heavy atom. The number of hydrogen-bond donors (Lipinski definition) is 2. The molecule has 106 valence electrons. The number of nitrogens with one attached hydrogen (secondary N) is 1. The van der Waals surface area contributed by atoms with Crippen LogP contribution in [-0.4, -0.2) is 19.9 Å². The van der Waals surface area contributed by atoms with Crippen molar-refractivity contribution < 1.29 is 13.2 Å². The largest absolute Gasteiger partial charge is 0.325 e. The lowest BCUT2D eigenvalue weighted by atomic mass is 9.75. The molecule has 0 aliphatic heterocycles. The first kappa shape index (κ1) is 15.7. The summed E-state index contributed by atoms with van der Waals surface area (Å²) in [5, 5.41) is 0. The van der Waals surface area contributed by atoms with Gasteiger partial charge in [-0.3, -0.25) is 4.79 Å². The van der Waals surface area contributed by atoms with Crippen molar-refractivity contribution in [3.05, 3.63) is 30.3 Å². The van der Waals surface area contributed by atoms with Crippen molar-refractivity contribution in [3.8, 4) is 0 Å². The van der Waals surface area contributed by atoms with Crippen molar-refractivity contribution in [2.45, 2.75) is 38.1 Å². The molecular formula is C13H20N2O3S. The minimum Gasteiger partial charge on any atom is -0.325 e. The molecule has 0 atom stereocenters. The van der Waals surface area contributed by atoms with Gasteiger partial charge < -0.3 is 5.73 Å². The van der Waals surface area contributed by atoms with Gasteiger partial charge >= 0.3 is 0 Å². The molecule has 0 radical (unpaired) electrons. The molecule has 1 rings (SSSR count). The van der Waals surface area contributed by atoms with Crippen LogP contribution >= 0.6 is 0 Å². The van der Waals surface area contributed by atoms with Crippen molar-refractivity contribution in [3.63, 3.8) is 0 Å². The highest BCUT2D eigenvalue weighted by molar-refractivity contribution is 7.90. The summed E-state index contributed by atoms with van der Waals surface area (Å²) in [5.74, 6) is -0.621. The van der Waals surface area contributed by atoms with Gasteiger partial charge in [0.25, 0.3) is 10.0 Å². The molecule has 6 heteroatoms. The average Bonchev–Trinajstić information content (AvgIpc) is 2.28. The third-order valence-corrected chi connectivity index (χ3v) is 4.81. The highest BCUT2D eigenvalue weighted by Gasteiger charge is 2.42. The van der Waals surface area contributed by atoms with Crippen LogP contribution in [0.5, 0.6) is 0 Å². The van der Waals surface area contributed by atoms with Crippen LogP contribution in [0.1, 0.15) is 27.7 Å². The van der Waals surface area contributed by atoms with Crippen LogP contribution in [0.25, 0.3) is 0 Å². The topological polar surface area (TPSA) is 89.3 Å². The summed E-state index contributed by atoms with van der Waals surface area (Å²) in [6.07, 6.45) is 0. The Morgan fingerprint density at radius 1 is 1.11 bits per heavy atom. The van der Waals surface area contributed by atoms with Gasteiger partial charge in [0, 0.05) is 5.54 Å². The van der Waals surface area contributed by atoms with Gasteiger partial charge in [0.15, 0.2) is 0 Å². The number of benzene rings is 1. The van der Waals surface area contributed by atoms with Crippen molar-refractivity contribution in [1.29, 1.82) is 0 Å². The molecule has 1 aromatic rings. The summed E-state index contributed by atoms with van der Waals surface area (Å²) in [5.41, 5.74) is 4.05. The fraction of sp³-hybridized carbons (Fsp3) is 0.462. The van der Waals surface area contributed by atoms with E-state index in [1.54, 1.807) is 45.9 Å². The quantitative estimate of drug-likeness (QED) is 0.871. The van der Waals surface area contributed by atoms with Crippen molar-refractivity contribution in [2.75, 3.05) is 0 Å². The molecule has 0 aliphatic carbocycles. The van der Waals surface area contributed by atoms with Crippen LogP contribution in [0.4, 0.5) is 0 Å². The number of amides is 1. The second-order valence-electron chi connectivity index (χ2n) is 5.59. The Balaban J connectivity index is 3.01. The van der Waals surface area contributed by atoms with E-state index in [0.29, 0.717) is 0 Å². The molecule has 3 N–H and O–H groups in total. The van der Waals surface area contributed by atoms with E-state index in [0.717, 1.165) is 0 Å². The van der Waals surface area contributed by atoms with Crippen LogP contribution in [0, 0.1) is 5.41 Å². The van der Waals surface area contributed by atoms with Gasteiger partial charge in [-0.2, -0.15) is 0 Å². The summed E-state index contributed by atoms with van der Waals surface area (Å²) in [7, 11) is -3.86. The van der Waals surface area contributed by atoms with E-state index in [1.807, 2.05) is 0 Å². The number of carbonyl (C=O) groups is 1. The molecule has 0 saturated heterocycles. The maximum absolute atomic E-state index is 12.1. The monoisotopic (exact) mass is 284 g/mol. The highest BCUT2D eigenvalue weighted by atomic mass is 32.2. The van der Waals surface area contributed by atoms with Gasteiger partial charge in [0.1, 0.15) is 0 Å². The Bertz CT molecular complexity index is 557. The minimum atomic E-state index is -3.86. The van der Waals surface area contributed by atoms with E-state index < -0.39 is 26.9 Å². The Hall–Kier alpha value is -1.40. The van der Waals surface area contributed by atoms with Gasteiger partial charge in [-0.25, -0.2) is 13.1 Å². The molecule has 5 nitrogen and oxygen atoms in total. The van der Waals surface area contributed by atoms with Crippen molar-refractivity contribution in [2.24, 2.45) is 11.1 Å². The maximum Gasteiger partial charge on any atom is 0.264 e. The number of nitrogens with two attached hydrogens (primary N) is 1. The molecule has 0 heterocycles. The summed E-state index contributed by atoms with van der Waals surface area (Å²) >= 11 is 0. The van der Waals surface area contributed by atoms with Crippen LogP contribution < -0.4 is 10.5 Å². The van der Waals surface area contributed by atoms with Crippen molar-refractivity contribution in [1.82, 2.24) is 4.72 Å². The van der Waals surface area contributed by atoms with Gasteiger partial charge in [0.05, 0.1) is 10.3 Å². The second-order valence-corrected chi connectivity index (χ2v) is 7.28. The first-order valence-corrected chi connectivity index (χ1v) is 7.38. The van der Waals surface area contributed by atoms with E-state index in [1.165, 1.54) is 12.1 Å². The highest BCUT2D eigenvalue weighted by Crippen LogP contribution is 2.28. The average molecular weight is 284 g/mol. The third kappa shape index (κ3) is 3.33. The van der Waals surface area contributed by atoms with E-state index in [2.05, 4.69) is 4.72 Å². The summed E-state index contributed by atoms with van der Waals surface area (Å²) in [6, 6.07) is 7.74. The van der Waals surface area contributed by atoms with Gasteiger partial charge in [0.2, 0.25) is 5.91 Å².